The largest absolute Gasteiger partial charge is 0.389 e. The van der Waals surface area contributed by atoms with Crippen molar-refractivity contribution in [1.82, 2.24) is 5.32 Å². The topological polar surface area (TPSA) is 32.3 Å². The maximum atomic E-state index is 10.2. The summed E-state index contributed by atoms with van der Waals surface area (Å²) in [5, 5.41) is 13.7. The SMILES string of the molecule is CC1(C)CCC(O)(CNC2CC2)C1. The van der Waals surface area contributed by atoms with Gasteiger partial charge in [-0.15, -0.1) is 0 Å². The van der Waals surface area contributed by atoms with Gasteiger partial charge < -0.3 is 10.4 Å². The van der Waals surface area contributed by atoms with Crippen molar-refractivity contribution in [2.24, 2.45) is 5.41 Å². The first kappa shape index (κ1) is 9.47. The van der Waals surface area contributed by atoms with Crippen LogP contribution in [0.2, 0.25) is 0 Å². The predicted octanol–water partition coefficient (Wildman–Crippen LogP) is 1.68. The summed E-state index contributed by atoms with van der Waals surface area (Å²) in [6.45, 7) is 5.31. The molecule has 2 aliphatic carbocycles. The average Bonchev–Trinajstić information content (AvgIpc) is 2.77. The molecule has 2 N–H and O–H groups in total. The van der Waals surface area contributed by atoms with Crippen LogP contribution in [0.5, 0.6) is 0 Å². The Bertz CT molecular complexity index is 198. The monoisotopic (exact) mass is 183 g/mol. The first-order chi connectivity index (χ1) is 5.99. The predicted molar refractivity (Wildman–Crippen MR) is 53.6 cm³/mol. The van der Waals surface area contributed by atoms with E-state index in [1.807, 2.05) is 0 Å². The number of aliphatic hydroxyl groups is 1. The molecule has 0 amide bonds. The zero-order chi connectivity index (χ0) is 9.53. The normalized spacial score (nSPS) is 38.1. The highest BCUT2D eigenvalue weighted by Gasteiger charge is 2.42. The van der Waals surface area contributed by atoms with Gasteiger partial charge in [0.25, 0.3) is 0 Å². The minimum absolute atomic E-state index is 0.347. The molecular weight excluding hydrogens is 162 g/mol. The van der Waals surface area contributed by atoms with E-state index in [9.17, 15) is 5.11 Å². The highest BCUT2D eigenvalue weighted by molar-refractivity contribution is 4.96. The number of rotatable bonds is 3. The fraction of sp³-hybridized carbons (Fsp3) is 1.00. The van der Waals surface area contributed by atoms with Crippen LogP contribution >= 0.6 is 0 Å². The molecule has 1 unspecified atom stereocenters. The van der Waals surface area contributed by atoms with Gasteiger partial charge >= 0.3 is 0 Å². The molecule has 13 heavy (non-hydrogen) atoms. The van der Waals surface area contributed by atoms with Crippen LogP contribution in [0.15, 0.2) is 0 Å². The summed E-state index contributed by atoms with van der Waals surface area (Å²) in [7, 11) is 0. The van der Waals surface area contributed by atoms with Crippen molar-refractivity contribution in [2.45, 2.75) is 57.6 Å². The van der Waals surface area contributed by atoms with E-state index in [1.165, 1.54) is 12.8 Å². The van der Waals surface area contributed by atoms with Gasteiger partial charge in [0.05, 0.1) is 5.60 Å². The molecule has 0 aromatic heterocycles. The molecule has 0 aliphatic heterocycles. The van der Waals surface area contributed by atoms with E-state index in [-0.39, 0.29) is 0 Å². The summed E-state index contributed by atoms with van der Waals surface area (Å²) in [6.07, 6.45) is 5.70. The average molecular weight is 183 g/mol. The maximum Gasteiger partial charge on any atom is 0.0776 e. The zero-order valence-corrected chi connectivity index (χ0v) is 8.77. The van der Waals surface area contributed by atoms with Gasteiger partial charge in [0, 0.05) is 12.6 Å². The van der Waals surface area contributed by atoms with E-state index in [0.29, 0.717) is 11.5 Å². The third-order valence-electron chi connectivity index (χ3n) is 3.37. The second kappa shape index (κ2) is 2.96. The van der Waals surface area contributed by atoms with Crippen molar-refractivity contribution in [3.8, 4) is 0 Å². The van der Waals surface area contributed by atoms with Gasteiger partial charge in [-0.2, -0.15) is 0 Å². The van der Waals surface area contributed by atoms with E-state index in [2.05, 4.69) is 19.2 Å². The summed E-state index contributed by atoms with van der Waals surface area (Å²) in [5.41, 5.74) is -0.0634. The Morgan fingerprint density at radius 1 is 1.31 bits per heavy atom. The molecule has 2 rings (SSSR count). The van der Waals surface area contributed by atoms with E-state index >= 15 is 0 Å². The highest BCUT2D eigenvalue weighted by Crippen LogP contribution is 2.43. The van der Waals surface area contributed by atoms with Crippen LogP contribution < -0.4 is 5.32 Å². The second-order valence-corrected chi connectivity index (χ2v) is 5.72. The van der Waals surface area contributed by atoms with Crippen molar-refractivity contribution in [3.63, 3.8) is 0 Å². The van der Waals surface area contributed by atoms with Crippen molar-refractivity contribution in [2.75, 3.05) is 6.54 Å². The molecule has 0 heterocycles. The van der Waals surface area contributed by atoms with Crippen LogP contribution in [-0.2, 0) is 0 Å². The van der Waals surface area contributed by atoms with Crippen LogP contribution in [0.1, 0.15) is 46.0 Å². The van der Waals surface area contributed by atoms with Gasteiger partial charge in [-0.25, -0.2) is 0 Å². The first-order valence-corrected chi connectivity index (χ1v) is 5.45. The van der Waals surface area contributed by atoms with Gasteiger partial charge in [0.1, 0.15) is 0 Å². The lowest BCUT2D eigenvalue weighted by Crippen LogP contribution is -2.39. The van der Waals surface area contributed by atoms with Crippen LogP contribution in [0.25, 0.3) is 0 Å². The number of nitrogens with one attached hydrogen (secondary N) is 1. The van der Waals surface area contributed by atoms with Crippen LogP contribution in [0, 0.1) is 5.41 Å². The van der Waals surface area contributed by atoms with E-state index in [0.717, 1.165) is 25.8 Å². The van der Waals surface area contributed by atoms with Crippen molar-refractivity contribution in [3.05, 3.63) is 0 Å². The van der Waals surface area contributed by atoms with Crippen LogP contribution in [-0.4, -0.2) is 23.3 Å². The quantitative estimate of drug-likeness (QED) is 0.697. The van der Waals surface area contributed by atoms with Crippen LogP contribution in [0.4, 0.5) is 0 Å². The summed E-state index contributed by atoms with van der Waals surface area (Å²) < 4.78 is 0. The summed E-state index contributed by atoms with van der Waals surface area (Å²) in [5.74, 6) is 0. The Labute approximate surface area is 80.7 Å². The molecule has 0 aromatic carbocycles. The summed E-state index contributed by atoms with van der Waals surface area (Å²) >= 11 is 0. The molecule has 0 spiro atoms. The Morgan fingerprint density at radius 3 is 2.46 bits per heavy atom. The van der Waals surface area contributed by atoms with Gasteiger partial charge in [-0.1, -0.05) is 13.8 Å². The third kappa shape index (κ3) is 2.44. The molecule has 2 fully saturated rings. The summed E-state index contributed by atoms with van der Waals surface area (Å²) in [4.78, 5) is 0. The van der Waals surface area contributed by atoms with Gasteiger partial charge in [-0.3, -0.25) is 0 Å². The molecule has 0 aromatic rings. The highest BCUT2D eigenvalue weighted by atomic mass is 16.3. The molecule has 2 nitrogen and oxygen atoms in total. The Kier molecular flexibility index (Phi) is 2.16. The lowest BCUT2D eigenvalue weighted by Gasteiger charge is -2.25. The molecule has 76 valence electrons. The summed E-state index contributed by atoms with van der Waals surface area (Å²) in [6, 6.07) is 0.715. The van der Waals surface area contributed by atoms with E-state index < -0.39 is 5.60 Å². The molecule has 0 bridgehead atoms. The van der Waals surface area contributed by atoms with Gasteiger partial charge in [0.2, 0.25) is 0 Å². The fourth-order valence-corrected chi connectivity index (χ4v) is 2.41. The molecule has 0 saturated heterocycles. The van der Waals surface area contributed by atoms with Gasteiger partial charge in [0.15, 0.2) is 0 Å². The van der Waals surface area contributed by atoms with Gasteiger partial charge in [-0.05, 0) is 37.5 Å². The Balaban J connectivity index is 1.82. The smallest absolute Gasteiger partial charge is 0.0776 e. The van der Waals surface area contributed by atoms with E-state index in [1.54, 1.807) is 0 Å². The van der Waals surface area contributed by atoms with Crippen molar-refractivity contribution >= 4 is 0 Å². The van der Waals surface area contributed by atoms with Crippen molar-refractivity contribution in [1.29, 1.82) is 0 Å². The second-order valence-electron chi connectivity index (χ2n) is 5.72. The Hall–Kier alpha value is -0.0800. The molecule has 2 heteroatoms. The molecule has 2 aliphatic rings. The Morgan fingerprint density at radius 2 is 2.00 bits per heavy atom. The standard InChI is InChI=1S/C11H21NO/c1-10(2)5-6-11(13,7-10)8-12-9-3-4-9/h9,12-13H,3-8H2,1-2H3. The van der Waals surface area contributed by atoms with Crippen LogP contribution in [0.3, 0.4) is 0 Å². The third-order valence-corrected chi connectivity index (χ3v) is 3.37. The first-order valence-electron chi connectivity index (χ1n) is 5.45. The molecule has 1 atom stereocenters. The maximum absolute atomic E-state index is 10.2. The zero-order valence-electron chi connectivity index (χ0n) is 8.77. The molecule has 2 saturated carbocycles. The number of hydrogen-bond acceptors (Lipinski definition) is 2. The molecular formula is C11H21NO. The lowest BCUT2D eigenvalue weighted by atomic mass is 9.89. The fourth-order valence-electron chi connectivity index (χ4n) is 2.41. The number of hydrogen-bond donors (Lipinski definition) is 2. The minimum atomic E-state index is -0.411. The molecule has 0 radical (unpaired) electrons. The minimum Gasteiger partial charge on any atom is -0.389 e. The van der Waals surface area contributed by atoms with E-state index in [4.69, 9.17) is 0 Å². The lowest BCUT2D eigenvalue weighted by molar-refractivity contribution is 0.0373. The van der Waals surface area contributed by atoms with Crippen molar-refractivity contribution < 1.29 is 5.11 Å².